The molecule has 2 heterocycles. The van der Waals surface area contributed by atoms with Crippen LogP contribution in [-0.4, -0.2) is 27.8 Å². The molecule has 1 fully saturated rings. The molecule has 0 aliphatic heterocycles. The monoisotopic (exact) mass is 417 g/mol. The van der Waals surface area contributed by atoms with Gasteiger partial charge in [0.05, 0.1) is 35.5 Å². The third-order valence-corrected chi connectivity index (χ3v) is 6.28. The highest BCUT2D eigenvalue weighted by molar-refractivity contribution is 6.06. The number of nitriles is 1. The molecule has 0 unspecified atom stereocenters. The number of pyridine rings is 1. The number of anilines is 1. The van der Waals surface area contributed by atoms with E-state index >= 15 is 0 Å². The summed E-state index contributed by atoms with van der Waals surface area (Å²) in [7, 11) is 1.57. The van der Waals surface area contributed by atoms with Crippen LogP contribution in [0.5, 0.6) is 5.75 Å². The molecule has 7 heteroatoms. The van der Waals surface area contributed by atoms with Gasteiger partial charge in [0.25, 0.3) is 5.91 Å². The molecule has 1 aliphatic carbocycles. The predicted octanol–water partition coefficient (Wildman–Crippen LogP) is 4.95. The maximum absolute atomic E-state index is 12.7. The summed E-state index contributed by atoms with van der Waals surface area (Å²) in [5, 5.41) is 17.7. The Kier molecular flexibility index (Phi) is 5.90. The number of aromatic nitrogens is 3. The highest BCUT2D eigenvalue weighted by Gasteiger charge is 2.25. The van der Waals surface area contributed by atoms with Gasteiger partial charge in [0.15, 0.2) is 0 Å². The van der Waals surface area contributed by atoms with Crippen LogP contribution in [0.15, 0.2) is 36.8 Å². The first-order chi connectivity index (χ1) is 15.0. The van der Waals surface area contributed by atoms with Gasteiger partial charge in [-0.05, 0) is 49.7 Å². The van der Waals surface area contributed by atoms with Gasteiger partial charge in [0.2, 0.25) is 0 Å². The number of carbonyl (C=O) groups excluding carboxylic acids is 1. The van der Waals surface area contributed by atoms with Crippen molar-refractivity contribution in [2.45, 2.75) is 45.6 Å². The van der Waals surface area contributed by atoms with Crippen LogP contribution in [0.2, 0.25) is 0 Å². The van der Waals surface area contributed by atoms with Gasteiger partial charge in [0, 0.05) is 30.0 Å². The summed E-state index contributed by atoms with van der Waals surface area (Å²) >= 11 is 0. The third-order valence-electron chi connectivity index (χ3n) is 6.28. The standard InChI is InChI=1S/C24H27N5O2/c1-15(2)17-4-6-20(7-5-17)29-14-19-9-22(23(31-3)10-21(19)28-29)27-24(30)18-8-16(11-25)12-26-13-18/h8-10,12-15,17,20H,4-7H2,1-3H3,(H,27,30). The van der Waals surface area contributed by atoms with E-state index in [0.717, 1.165) is 35.6 Å². The van der Waals surface area contributed by atoms with E-state index < -0.39 is 0 Å². The highest BCUT2D eigenvalue weighted by Crippen LogP contribution is 2.37. The van der Waals surface area contributed by atoms with Gasteiger partial charge in [-0.15, -0.1) is 0 Å². The number of methoxy groups -OCH3 is 1. The molecule has 2 aromatic heterocycles. The number of hydrogen-bond donors (Lipinski definition) is 1. The number of fused-ring (bicyclic) bond motifs is 1. The van der Waals surface area contributed by atoms with Crippen molar-refractivity contribution in [2.75, 3.05) is 12.4 Å². The molecule has 1 saturated carbocycles. The Morgan fingerprint density at radius 3 is 2.68 bits per heavy atom. The number of nitrogens with one attached hydrogen (secondary N) is 1. The Balaban J connectivity index is 1.57. The molecular formula is C24H27N5O2. The van der Waals surface area contributed by atoms with Gasteiger partial charge in [-0.25, -0.2) is 0 Å². The van der Waals surface area contributed by atoms with E-state index in [1.165, 1.54) is 31.3 Å². The number of nitrogens with zero attached hydrogens (tertiary/aromatic N) is 4. The van der Waals surface area contributed by atoms with Crippen LogP contribution in [0.4, 0.5) is 5.69 Å². The summed E-state index contributed by atoms with van der Waals surface area (Å²) in [5.74, 6) is 1.73. The summed E-state index contributed by atoms with van der Waals surface area (Å²) in [6, 6.07) is 7.66. The third kappa shape index (κ3) is 4.38. The van der Waals surface area contributed by atoms with E-state index in [1.807, 2.05) is 18.2 Å². The Bertz CT molecular complexity index is 1140. The number of benzene rings is 1. The first-order valence-electron chi connectivity index (χ1n) is 10.7. The summed E-state index contributed by atoms with van der Waals surface area (Å²) in [4.78, 5) is 16.6. The number of ether oxygens (including phenoxy) is 1. The lowest BCUT2D eigenvalue weighted by Gasteiger charge is -2.30. The normalized spacial score (nSPS) is 18.7. The first kappa shape index (κ1) is 20.9. The largest absolute Gasteiger partial charge is 0.494 e. The number of amides is 1. The molecule has 0 saturated heterocycles. The van der Waals surface area contributed by atoms with Crippen molar-refractivity contribution in [1.82, 2.24) is 14.8 Å². The van der Waals surface area contributed by atoms with Crippen molar-refractivity contribution in [3.05, 3.63) is 47.9 Å². The summed E-state index contributed by atoms with van der Waals surface area (Å²) in [6.07, 6.45) is 9.67. The van der Waals surface area contributed by atoms with E-state index in [9.17, 15) is 4.79 Å². The fourth-order valence-electron chi connectivity index (χ4n) is 4.38. The average molecular weight is 418 g/mol. The van der Waals surface area contributed by atoms with Gasteiger partial charge >= 0.3 is 0 Å². The molecule has 1 aliphatic rings. The summed E-state index contributed by atoms with van der Waals surface area (Å²) in [6.45, 7) is 4.61. The minimum Gasteiger partial charge on any atom is -0.494 e. The number of rotatable bonds is 5. The van der Waals surface area contributed by atoms with Crippen molar-refractivity contribution in [3.8, 4) is 11.8 Å². The SMILES string of the molecule is COc1cc2nn(C3CCC(C(C)C)CC3)cc2cc1NC(=O)c1cncc(C#N)c1. The topological polar surface area (TPSA) is 92.8 Å². The molecule has 4 rings (SSSR count). The van der Waals surface area contributed by atoms with Crippen molar-refractivity contribution in [2.24, 2.45) is 11.8 Å². The molecule has 0 atom stereocenters. The van der Waals surface area contributed by atoms with Gasteiger partial charge in [-0.2, -0.15) is 10.4 Å². The molecular weight excluding hydrogens is 390 g/mol. The predicted molar refractivity (Wildman–Crippen MR) is 119 cm³/mol. The van der Waals surface area contributed by atoms with Crippen LogP contribution in [0.3, 0.4) is 0 Å². The zero-order valence-electron chi connectivity index (χ0n) is 18.1. The lowest BCUT2D eigenvalue weighted by molar-refractivity contribution is 0.102. The smallest absolute Gasteiger partial charge is 0.257 e. The van der Waals surface area contributed by atoms with Crippen molar-refractivity contribution < 1.29 is 9.53 Å². The summed E-state index contributed by atoms with van der Waals surface area (Å²) < 4.78 is 7.57. The molecule has 0 radical (unpaired) electrons. The molecule has 0 bridgehead atoms. The molecule has 1 N–H and O–H groups in total. The average Bonchev–Trinajstić information content (AvgIpc) is 3.21. The van der Waals surface area contributed by atoms with E-state index in [1.54, 1.807) is 7.11 Å². The van der Waals surface area contributed by atoms with E-state index in [0.29, 0.717) is 28.6 Å². The maximum atomic E-state index is 12.7. The Morgan fingerprint density at radius 1 is 1.23 bits per heavy atom. The molecule has 1 amide bonds. The van der Waals surface area contributed by atoms with Crippen molar-refractivity contribution in [3.63, 3.8) is 0 Å². The zero-order chi connectivity index (χ0) is 22.0. The van der Waals surface area contributed by atoms with E-state index in [2.05, 4.69) is 35.0 Å². The van der Waals surface area contributed by atoms with Crippen molar-refractivity contribution >= 4 is 22.5 Å². The Hall–Kier alpha value is -3.40. The fourth-order valence-corrected chi connectivity index (χ4v) is 4.38. The molecule has 31 heavy (non-hydrogen) atoms. The number of carbonyl (C=O) groups is 1. The van der Waals surface area contributed by atoms with Gasteiger partial charge in [-0.1, -0.05) is 13.8 Å². The van der Waals surface area contributed by atoms with Crippen LogP contribution in [0.1, 0.15) is 61.5 Å². The fraction of sp³-hybridized carbons (Fsp3) is 0.417. The second-order valence-corrected chi connectivity index (χ2v) is 8.56. The quantitative estimate of drug-likeness (QED) is 0.634. The second kappa shape index (κ2) is 8.76. The van der Waals surface area contributed by atoms with Gasteiger partial charge in [-0.3, -0.25) is 14.5 Å². The molecule has 0 spiro atoms. The molecule has 3 aromatic rings. The second-order valence-electron chi connectivity index (χ2n) is 8.56. The minimum atomic E-state index is -0.346. The highest BCUT2D eigenvalue weighted by atomic mass is 16.5. The Morgan fingerprint density at radius 2 is 2.00 bits per heavy atom. The van der Waals surface area contributed by atoms with Crippen molar-refractivity contribution in [1.29, 1.82) is 5.26 Å². The van der Waals surface area contributed by atoms with Crippen LogP contribution in [-0.2, 0) is 0 Å². The van der Waals surface area contributed by atoms with Crippen LogP contribution in [0, 0.1) is 23.2 Å². The lowest BCUT2D eigenvalue weighted by atomic mass is 9.80. The van der Waals surface area contributed by atoms with Gasteiger partial charge < -0.3 is 10.1 Å². The minimum absolute atomic E-state index is 0.318. The molecule has 1 aromatic carbocycles. The maximum Gasteiger partial charge on any atom is 0.257 e. The first-order valence-corrected chi connectivity index (χ1v) is 10.7. The zero-order valence-corrected chi connectivity index (χ0v) is 18.1. The van der Waals surface area contributed by atoms with E-state index in [-0.39, 0.29) is 5.91 Å². The van der Waals surface area contributed by atoms with E-state index in [4.69, 9.17) is 15.1 Å². The molecule has 7 nitrogen and oxygen atoms in total. The molecule has 160 valence electrons. The van der Waals surface area contributed by atoms with Crippen LogP contribution < -0.4 is 10.1 Å². The Labute approximate surface area is 182 Å². The summed E-state index contributed by atoms with van der Waals surface area (Å²) in [5.41, 5.74) is 2.06. The lowest BCUT2D eigenvalue weighted by Crippen LogP contribution is -2.21. The van der Waals surface area contributed by atoms with Crippen LogP contribution in [0.25, 0.3) is 10.9 Å². The number of hydrogen-bond acceptors (Lipinski definition) is 5. The van der Waals surface area contributed by atoms with Crippen LogP contribution >= 0.6 is 0 Å². The van der Waals surface area contributed by atoms with Gasteiger partial charge in [0.1, 0.15) is 11.8 Å².